The van der Waals surface area contributed by atoms with Crippen LogP contribution >= 0.6 is 11.6 Å². The van der Waals surface area contributed by atoms with E-state index >= 15 is 4.39 Å². The van der Waals surface area contributed by atoms with Crippen molar-refractivity contribution in [3.05, 3.63) is 41.2 Å². The Kier molecular flexibility index (Phi) is 8.68. The molecule has 2 aromatic heterocycles. The van der Waals surface area contributed by atoms with E-state index in [9.17, 15) is 5.11 Å². The number of anilines is 1. The van der Waals surface area contributed by atoms with Crippen molar-refractivity contribution in [2.45, 2.75) is 58.0 Å². The molecule has 2 N–H and O–H groups in total. The summed E-state index contributed by atoms with van der Waals surface area (Å²) in [5.41, 5.74) is 0.366. The molecule has 0 amide bonds. The van der Waals surface area contributed by atoms with Gasteiger partial charge in [0.15, 0.2) is 5.82 Å². The summed E-state index contributed by atoms with van der Waals surface area (Å²) in [6, 6.07) is 8.73. The fourth-order valence-electron chi connectivity index (χ4n) is 7.06. The maximum atomic E-state index is 16.8. The summed E-state index contributed by atoms with van der Waals surface area (Å²) in [7, 11) is 1.50. The number of methoxy groups -OCH3 is 1. The molecule has 44 heavy (non-hydrogen) atoms. The standard InChI is InChI=1S/C31H34ClFN6O3.C2H6/c1-18-16-38(13-10-34-18)28-24-27(36-30(37-28)42-17-31-8-4-11-39(31)12-5-9-31)25(33)26(35-29(24)41-2)21-15-20(40)14-19-6-3-7-22(32)23(19)21;1-2/h3,6-7,14-15,18,34,40H,4-5,8-13,16-17H2,1-2H3;1-2H3. The molecule has 3 aliphatic heterocycles. The minimum atomic E-state index is -0.657. The topological polar surface area (TPSA) is 95.9 Å². The van der Waals surface area contributed by atoms with Crippen LogP contribution in [-0.2, 0) is 0 Å². The van der Waals surface area contributed by atoms with Gasteiger partial charge in [-0.3, -0.25) is 4.90 Å². The minimum Gasteiger partial charge on any atom is -0.508 e. The molecular weight excluding hydrogens is 583 g/mol. The third kappa shape index (κ3) is 5.37. The van der Waals surface area contributed by atoms with Crippen LogP contribution in [0.4, 0.5) is 10.2 Å². The van der Waals surface area contributed by atoms with Gasteiger partial charge in [-0.1, -0.05) is 37.6 Å². The van der Waals surface area contributed by atoms with Crippen LogP contribution < -0.4 is 19.7 Å². The molecule has 11 heteroatoms. The highest BCUT2D eigenvalue weighted by Gasteiger charge is 2.45. The monoisotopic (exact) mass is 622 g/mol. The molecule has 2 aromatic carbocycles. The molecule has 0 aliphatic carbocycles. The summed E-state index contributed by atoms with van der Waals surface area (Å²) in [5.74, 6) is 0.0354. The van der Waals surface area contributed by atoms with Crippen LogP contribution in [0.1, 0.15) is 46.5 Å². The Labute approximate surface area is 262 Å². The second-order valence-corrected chi connectivity index (χ2v) is 12.1. The lowest BCUT2D eigenvalue weighted by molar-refractivity contribution is 0.108. The van der Waals surface area contributed by atoms with Crippen molar-refractivity contribution in [1.82, 2.24) is 25.2 Å². The van der Waals surface area contributed by atoms with Gasteiger partial charge >= 0.3 is 6.01 Å². The lowest BCUT2D eigenvalue weighted by Crippen LogP contribution is -2.49. The molecule has 3 saturated heterocycles. The zero-order valence-electron chi connectivity index (χ0n) is 25.8. The first kappa shape index (κ1) is 30.6. The van der Waals surface area contributed by atoms with Crippen LogP contribution in [-0.4, -0.2) is 83.0 Å². The van der Waals surface area contributed by atoms with E-state index in [-0.39, 0.29) is 40.4 Å². The molecule has 7 rings (SSSR count). The number of nitrogens with one attached hydrogen (secondary N) is 1. The SMILES string of the molecule is CC.COc1nc(-c2cc(O)cc3cccc(Cl)c23)c(F)c2nc(OCC34CCCN3CCC4)nc(N3CCNC(C)C3)c12. The lowest BCUT2D eigenvalue weighted by Gasteiger charge is -2.34. The minimum absolute atomic E-state index is 0.0150. The highest BCUT2D eigenvalue weighted by molar-refractivity contribution is 6.36. The molecule has 0 saturated carbocycles. The number of piperazine rings is 1. The number of phenolic OH excluding ortho intramolecular Hbond substituents is 1. The molecule has 0 radical (unpaired) electrons. The van der Waals surface area contributed by atoms with Crippen LogP contribution in [0.3, 0.4) is 0 Å². The van der Waals surface area contributed by atoms with Gasteiger partial charge < -0.3 is 24.8 Å². The number of fused-ring (bicyclic) bond motifs is 3. The Morgan fingerprint density at radius 3 is 2.59 bits per heavy atom. The Balaban J connectivity index is 0.00000168. The predicted molar refractivity (Wildman–Crippen MR) is 173 cm³/mol. The molecule has 3 fully saturated rings. The number of phenols is 1. The van der Waals surface area contributed by atoms with Crippen molar-refractivity contribution in [3.63, 3.8) is 0 Å². The Hall–Kier alpha value is -3.47. The van der Waals surface area contributed by atoms with Gasteiger partial charge in [-0.15, -0.1) is 0 Å². The summed E-state index contributed by atoms with van der Waals surface area (Å²) in [5, 5.41) is 16.0. The second-order valence-electron chi connectivity index (χ2n) is 11.7. The first-order valence-corrected chi connectivity index (χ1v) is 16.0. The summed E-state index contributed by atoms with van der Waals surface area (Å²) >= 11 is 6.60. The molecule has 0 spiro atoms. The first-order chi connectivity index (χ1) is 21.4. The smallest absolute Gasteiger partial charge is 0.319 e. The van der Waals surface area contributed by atoms with E-state index in [0.717, 1.165) is 45.3 Å². The second kappa shape index (κ2) is 12.5. The third-order valence-electron chi connectivity index (χ3n) is 9.02. The van der Waals surface area contributed by atoms with Crippen molar-refractivity contribution in [2.75, 3.05) is 51.3 Å². The van der Waals surface area contributed by atoms with Crippen LogP contribution in [0, 0.1) is 5.82 Å². The Morgan fingerprint density at radius 1 is 1.09 bits per heavy atom. The molecule has 1 atom stereocenters. The number of hydrogen-bond donors (Lipinski definition) is 2. The summed E-state index contributed by atoms with van der Waals surface area (Å²) < 4.78 is 28.9. The summed E-state index contributed by atoms with van der Waals surface area (Å²) in [6.45, 7) is 10.8. The molecule has 0 bridgehead atoms. The van der Waals surface area contributed by atoms with E-state index in [1.165, 1.54) is 13.2 Å². The normalized spacial score (nSPS) is 19.6. The number of nitrogens with zero attached hydrogens (tertiary/aromatic N) is 5. The molecular formula is C33H40ClFN6O3. The zero-order valence-corrected chi connectivity index (χ0v) is 26.5. The van der Waals surface area contributed by atoms with Crippen LogP contribution in [0.25, 0.3) is 32.9 Å². The van der Waals surface area contributed by atoms with E-state index < -0.39 is 5.82 Å². The van der Waals surface area contributed by atoms with Gasteiger partial charge in [-0.2, -0.15) is 9.97 Å². The van der Waals surface area contributed by atoms with Crippen molar-refractivity contribution < 1.29 is 19.0 Å². The number of rotatable bonds is 6. The number of aromatic hydroxyl groups is 1. The number of aromatic nitrogens is 3. The van der Waals surface area contributed by atoms with Crippen LogP contribution in [0.2, 0.25) is 5.02 Å². The van der Waals surface area contributed by atoms with Gasteiger partial charge in [0.05, 0.1) is 12.6 Å². The first-order valence-electron chi connectivity index (χ1n) is 15.6. The average molecular weight is 623 g/mol. The van der Waals surface area contributed by atoms with E-state index in [4.69, 9.17) is 26.1 Å². The third-order valence-corrected chi connectivity index (χ3v) is 9.34. The fraction of sp³-hybridized carbons (Fsp3) is 0.485. The van der Waals surface area contributed by atoms with E-state index in [1.807, 2.05) is 19.9 Å². The maximum Gasteiger partial charge on any atom is 0.319 e. The summed E-state index contributed by atoms with van der Waals surface area (Å²) in [4.78, 5) is 18.8. The van der Waals surface area contributed by atoms with Crippen molar-refractivity contribution in [1.29, 1.82) is 0 Å². The maximum absolute atomic E-state index is 16.8. The number of hydrogen-bond acceptors (Lipinski definition) is 9. The van der Waals surface area contributed by atoms with Gasteiger partial charge in [0.25, 0.3) is 0 Å². The van der Waals surface area contributed by atoms with Crippen molar-refractivity contribution >= 4 is 39.1 Å². The number of benzene rings is 2. The van der Waals surface area contributed by atoms with Crippen LogP contribution in [0.15, 0.2) is 30.3 Å². The predicted octanol–water partition coefficient (Wildman–Crippen LogP) is 6.18. The van der Waals surface area contributed by atoms with E-state index in [2.05, 4.69) is 32.0 Å². The molecule has 234 valence electrons. The quantitative estimate of drug-likeness (QED) is 0.261. The van der Waals surface area contributed by atoms with Gasteiger partial charge in [0, 0.05) is 41.6 Å². The van der Waals surface area contributed by atoms with Gasteiger partial charge in [-0.25, -0.2) is 9.37 Å². The van der Waals surface area contributed by atoms with Gasteiger partial charge in [-0.05, 0) is 69.3 Å². The van der Waals surface area contributed by atoms with Crippen LogP contribution in [0.5, 0.6) is 17.6 Å². The molecule has 4 aromatic rings. The van der Waals surface area contributed by atoms with Gasteiger partial charge in [0.1, 0.15) is 34.8 Å². The van der Waals surface area contributed by atoms with Crippen molar-refractivity contribution in [3.8, 4) is 28.9 Å². The fourth-order valence-corrected chi connectivity index (χ4v) is 7.34. The number of halogens is 2. The Bertz CT molecular complexity index is 1680. The lowest BCUT2D eigenvalue weighted by atomic mass is 9.95. The summed E-state index contributed by atoms with van der Waals surface area (Å²) in [6.07, 6.45) is 4.44. The van der Waals surface area contributed by atoms with E-state index in [0.29, 0.717) is 52.3 Å². The van der Waals surface area contributed by atoms with E-state index in [1.54, 1.807) is 18.2 Å². The molecule has 9 nitrogen and oxygen atoms in total. The largest absolute Gasteiger partial charge is 0.508 e. The number of pyridine rings is 1. The zero-order chi connectivity index (χ0) is 31.0. The average Bonchev–Trinajstić information content (AvgIpc) is 3.61. The highest BCUT2D eigenvalue weighted by atomic mass is 35.5. The highest BCUT2D eigenvalue weighted by Crippen LogP contribution is 2.43. The van der Waals surface area contributed by atoms with Gasteiger partial charge in [0.2, 0.25) is 5.88 Å². The molecule has 1 unspecified atom stereocenters. The molecule has 5 heterocycles. The molecule has 3 aliphatic rings. The van der Waals surface area contributed by atoms with Crippen molar-refractivity contribution in [2.24, 2.45) is 0 Å². The number of ether oxygens (including phenoxy) is 2. The Morgan fingerprint density at radius 2 is 1.86 bits per heavy atom.